The number of hydrogen-bond acceptors (Lipinski definition) is 28. The van der Waals surface area contributed by atoms with Crippen molar-refractivity contribution in [2.75, 3.05) is 118 Å². The summed E-state index contributed by atoms with van der Waals surface area (Å²) in [4.78, 5) is 184. The predicted octanol–water partition coefficient (Wildman–Crippen LogP) is 7.21. The summed E-state index contributed by atoms with van der Waals surface area (Å²) in [5.41, 5.74) is 8.45. The fraction of sp³-hybridized carbons (Fsp3) is 0.441. The Morgan fingerprint density at radius 3 is 1.32 bits per heavy atom. The third-order valence-electron chi connectivity index (χ3n) is 26.1. The molecule has 19 unspecified atom stereocenters. The van der Waals surface area contributed by atoms with Gasteiger partial charge in [0, 0.05) is 86.9 Å². The number of aliphatic hydroxyl groups is 1. The third kappa shape index (κ3) is 24.1. The van der Waals surface area contributed by atoms with Crippen LogP contribution in [0.5, 0.6) is 0 Å². The van der Waals surface area contributed by atoms with Crippen LogP contribution in [-0.2, 0) is 105 Å². The van der Waals surface area contributed by atoms with Crippen molar-refractivity contribution in [3.8, 4) is 45.6 Å². The first kappa shape index (κ1) is 102. The van der Waals surface area contributed by atoms with Crippen molar-refractivity contribution in [3.63, 3.8) is 0 Å². The molecule has 17 rings (SSSR count). The van der Waals surface area contributed by atoms with Crippen LogP contribution in [0.2, 0.25) is 0 Å². The Balaban J connectivity index is 0.000000504. The van der Waals surface area contributed by atoms with E-state index in [0.29, 0.717) is 41.6 Å². The van der Waals surface area contributed by atoms with Crippen LogP contribution < -0.4 is 21.3 Å². The van der Waals surface area contributed by atoms with E-state index in [1.165, 1.54) is 11.0 Å². The Morgan fingerprint density at radius 1 is 0.446 bits per heavy atom. The molecule has 0 radical (unpaired) electrons. The van der Waals surface area contributed by atoms with Gasteiger partial charge in [-0.05, 0) is 110 Å². The molecule has 732 valence electrons. The molecule has 37 heteroatoms. The van der Waals surface area contributed by atoms with Crippen molar-refractivity contribution in [1.82, 2.24) is 70.8 Å². The molecule has 16 heterocycles. The van der Waals surface area contributed by atoms with Gasteiger partial charge in [0.15, 0.2) is 0 Å². The number of rotatable bonds is 45. The summed E-state index contributed by atoms with van der Waals surface area (Å²) < 4.78 is 54.8. The molecule has 1 aromatic carbocycles. The molecule has 6 aromatic heterocycles. The van der Waals surface area contributed by atoms with Gasteiger partial charge in [0.1, 0.15) is 0 Å². The standard InChI is InChI=1S/C82H100N10O21S.C20H14N4.Ru/c1-4-6-30-89-75(97)66-55(17-16-49-12-8-7-9-13-49)111-57(67(66)76(89)98)20-21-59-70-71(81(103)92(80(70)102)33-39-109-44-42-106-36-29-86-73(95)50-25-27-84-52(46-50)51-45-48(3)24-26-83-51)61(113-59)23-22-60-69-68(78(100)91(79(69)101)31-37-107-40-34-93)58(112-60)19-18-56-65-64(54(5-2)110-56)74(96)90(77(65)99)32-38-108-43-41-105-35-28-85-63(94)15-11-10-14-62-72-53(47-114-62)87-82(104)88-72;1-3-13-21-15(7-1)17-9-5-11-19(23-17)20-12-6-10-18(24-20)16-8-2-4-14-22-16;/h5,7-9,12-13,16-27,45-46,53-62,64-72,93H,2,4,6,10-11,14-15,28-44,47H2,1,3H3,(H,85,94)(H,86,95)(H2,87,88,104);1-14H;/b17-16+,19-18-,21-20-,23-22-;;. The van der Waals surface area contributed by atoms with E-state index in [9.17, 15) is 57.8 Å². The van der Waals surface area contributed by atoms with Gasteiger partial charge in [-0.15, -0.1) is 6.58 Å². The van der Waals surface area contributed by atoms with Gasteiger partial charge >= 0.3 is 6.03 Å². The normalized spacial score (nSPS) is 26.6. The van der Waals surface area contributed by atoms with Gasteiger partial charge in [-0.3, -0.25) is 87.5 Å². The zero-order valence-corrected chi connectivity index (χ0v) is 79.7. The number of aliphatic hydroxyl groups excluding tert-OH is 1. The number of imide groups is 4. The first-order valence-electron chi connectivity index (χ1n) is 47.2. The molecule has 7 aromatic rings. The zero-order valence-electron chi connectivity index (χ0n) is 77.1. The zero-order chi connectivity index (χ0) is 96.1. The maximum absolute atomic E-state index is 14.9. The van der Waals surface area contributed by atoms with Crippen molar-refractivity contribution in [2.24, 2.45) is 47.3 Å². The Morgan fingerprint density at radius 2 is 0.856 bits per heavy atom. The van der Waals surface area contributed by atoms with E-state index in [4.69, 9.17) is 52.6 Å². The number of benzene rings is 1. The van der Waals surface area contributed by atoms with E-state index in [0.717, 1.165) is 91.4 Å². The number of urea groups is 1. The van der Waals surface area contributed by atoms with E-state index >= 15 is 0 Å². The van der Waals surface area contributed by atoms with Crippen molar-refractivity contribution in [1.29, 1.82) is 0 Å². The number of hydrogen-bond donors (Lipinski definition) is 5. The number of aryl methyl sites for hydroxylation is 1. The molecule has 12 amide bonds. The molecule has 0 bridgehead atoms. The maximum atomic E-state index is 14.9. The maximum Gasteiger partial charge on any atom is 0.315 e. The molecule has 10 fully saturated rings. The number of carbonyl (C=O) groups is 11. The molecule has 0 aliphatic carbocycles. The van der Waals surface area contributed by atoms with Crippen molar-refractivity contribution in [2.45, 2.75) is 119 Å². The van der Waals surface area contributed by atoms with Gasteiger partial charge in [-0.1, -0.05) is 129 Å². The summed E-state index contributed by atoms with van der Waals surface area (Å²) in [7, 11) is 0. The van der Waals surface area contributed by atoms with Gasteiger partial charge in [0.25, 0.3) is 5.91 Å². The molecule has 35 nitrogen and oxygen atoms in total. The minimum absolute atomic E-state index is 0. The average molecular weight is 2010 g/mol. The molecule has 0 saturated carbocycles. The summed E-state index contributed by atoms with van der Waals surface area (Å²) >= 11 is 1.85. The molecule has 139 heavy (non-hydrogen) atoms. The van der Waals surface area contributed by atoms with Gasteiger partial charge in [-0.2, -0.15) is 11.8 Å². The summed E-state index contributed by atoms with van der Waals surface area (Å²) in [5.74, 6) is -11.7. The second kappa shape index (κ2) is 48.8. The minimum atomic E-state index is -1.15. The van der Waals surface area contributed by atoms with E-state index in [1.807, 2.05) is 147 Å². The fourth-order valence-electron chi connectivity index (χ4n) is 19.3. The number of carbonyl (C=O) groups excluding carboxylic acids is 11. The van der Waals surface area contributed by atoms with Crippen LogP contribution in [0, 0.1) is 54.3 Å². The number of nitrogens with one attached hydrogen (secondary N) is 4. The van der Waals surface area contributed by atoms with Crippen LogP contribution in [0.25, 0.3) is 51.6 Å². The molecular formula is C102H114N14O21RuS. The van der Waals surface area contributed by atoms with Crippen LogP contribution in [0.1, 0.15) is 66.9 Å². The molecular weight excluding hydrogens is 1890 g/mol. The number of nitrogens with zero attached hydrogens (tertiary/aromatic N) is 10. The SMILES string of the molecule is C=CC1OC(/C=C\C2OC(/C=C\C3OC(/C=C\C4OC(/C=C/c5ccccc5)C5C(=O)N(CCCC)C(=O)C45)C4C(=O)N(CCOCCOCCNC(=O)c5ccnc(-c6cc(C)ccn6)c5)C(=O)C34)C3C(=O)N(CCOCCO)C(=O)C23)C2C(=O)N(CCOCCOCCNC(=O)CCCCC3SCC4NC(=O)NC43)C(=O)C12.[Ru].c1ccc(-c2cccc(-c3cccc(-c4ccccn4)n3)n2)nc1. The fourth-order valence-corrected chi connectivity index (χ4v) is 20.9. The predicted molar refractivity (Wildman–Crippen MR) is 504 cm³/mol. The van der Waals surface area contributed by atoms with Gasteiger partial charge in [0.2, 0.25) is 53.2 Å². The Kier molecular flexibility index (Phi) is 35.7. The minimum Gasteiger partial charge on any atom is -0.394 e. The number of pyridine rings is 6. The molecule has 5 N–H and O–H groups in total. The van der Waals surface area contributed by atoms with E-state index < -0.39 is 132 Å². The summed E-state index contributed by atoms with van der Waals surface area (Å²) in [5, 5.41) is 21.4. The number of fused-ring (bicyclic) bond motifs is 5. The van der Waals surface area contributed by atoms with Crippen molar-refractivity contribution < 1.29 is 120 Å². The average Bonchev–Trinajstić information content (AvgIpc) is 1.59. The van der Waals surface area contributed by atoms with Crippen molar-refractivity contribution in [3.05, 3.63) is 224 Å². The Bertz CT molecular complexity index is 5570. The number of aromatic nitrogens is 6. The Labute approximate surface area is 822 Å². The van der Waals surface area contributed by atoms with Crippen LogP contribution in [-0.4, -0.2) is 304 Å². The first-order chi connectivity index (χ1) is 67.4. The second-order valence-electron chi connectivity index (χ2n) is 34.9. The number of unbranched alkanes of at least 4 members (excludes halogenated alkanes) is 2. The monoisotopic (exact) mass is 2000 g/mol. The van der Waals surface area contributed by atoms with Crippen LogP contribution in [0.3, 0.4) is 0 Å². The molecule has 10 aliphatic heterocycles. The molecule has 19 atom stereocenters. The van der Waals surface area contributed by atoms with Crippen molar-refractivity contribution >= 4 is 82.9 Å². The van der Waals surface area contributed by atoms with Crippen LogP contribution in [0.15, 0.2) is 207 Å². The van der Waals surface area contributed by atoms with Crippen LogP contribution >= 0.6 is 11.8 Å². The van der Waals surface area contributed by atoms with E-state index in [1.54, 1.807) is 79.5 Å². The number of ether oxygens (including phenoxy) is 9. The van der Waals surface area contributed by atoms with Gasteiger partial charge in [-0.25, -0.2) is 14.8 Å². The van der Waals surface area contributed by atoms with Crippen LogP contribution in [0.4, 0.5) is 4.79 Å². The topological polar surface area (TPSA) is 429 Å². The third-order valence-corrected chi connectivity index (χ3v) is 27.6. The first-order valence-corrected chi connectivity index (χ1v) is 48.2. The summed E-state index contributed by atoms with van der Waals surface area (Å²) in [6.45, 7) is 8.69. The van der Waals surface area contributed by atoms with E-state index in [-0.39, 0.29) is 167 Å². The summed E-state index contributed by atoms with van der Waals surface area (Å²) in [6.07, 6.45) is 17.4. The van der Waals surface area contributed by atoms with Gasteiger partial charge in [0.05, 0.1) is 246 Å². The number of amides is 12. The smallest absolute Gasteiger partial charge is 0.315 e. The molecule has 10 saturated heterocycles. The second-order valence-corrected chi connectivity index (χ2v) is 36.2. The largest absolute Gasteiger partial charge is 0.394 e. The molecule has 0 spiro atoms. The Hall–Kier alpha value is -11.8. The number of likely N-dealkylation sites (tertiary alicyclic amines) is 4. The number of thioether (sulfide) groups is 1. The summed E-state index contributed by atoms with van der Waals surface area (Å²) in [6, 6.07) is 40.0. The molecule has 10 aliphatic rings. The van der Waals surface area contributed by atoms with Gasteiger partial charge < -0.3 is 69.0 Å². The quantitative estimate of drug-likeness (QED) is 0.00827. The van der Waals surface area contributed by atoms with E-state index in [2.05, 4.69) is 47.8 Å².